The molecule has 120 valence electrons. The predicted molar refractivity (Wildman–Crippen MR) is 68.6 cm³/mol. The van der Waals surface area contributed by atoms with Gasteiger partial charge < -0.3 is 15.4 Å². The van der Waals surface area contributed by atoms with Gasteiger partial charge >= 0.3 is 12.3 Å². The Balaban J connectivity index is 1.76. The van der Waals surface area contributed by atoms with Gasteiger partial charge in [-0.3, -0.25) is 0 Å². The normalized spacial score (nSPS) is 20.2. The number of benzene rings is 1. The highest BCUT2D eigenvalue weighted by Crippen LogP contribution is 2.47. The minimum atomic E-state index is -4.77. The first-order valence-corrected chi connectivity index (χ1v) is 6.87. The van der Waals surface area contributed by atoms with Crippen LogP contribution in [-0.4, -0.2) is 25.3 Å². The zero-order valence-corrected chi connectivity index (χ0v) is 11.5. The van der Waals surface area contributed by atoms with Gasteiger partial charge in [-0.15, -0.1) is 0 Å². The Labute approximate surface area is 123 Å². The van der Waals surface area contributed by atoms with Crippen LogP contribution in [0.2, 0.25) is 0 Å². The molecule has 1 saturated heterocycles. The number of carbonyl (C=O) groups excluding carboxylic acids is 1. The van der Waals surface area contributed by atoms with Gasteiger partial charge in [-0.05, 0) is 30.5 Å². The summed E-state index contributed by atoms with van der Waals surface area (Å²) in [7, 11) is 0. The maximum absolute atomic E-state index is 13.3. The number of nitrogens with one attached hydrogen (secondary N) is 2. The summed E-state index contributed by atoms with van der Waals surface area (Å²) < 4.78 is 56.7. The van der Waals surface area contributed by atoms with Crippen molar-refractivity contribution in [2.24, 2.45) is 0 Å². The molecule has 0 aromatic heterocycles. The van der Waals surface area contributed by atoms with Gasteiger partial charge in [-0.2, -0.15) is 13.2 Å². The number of carbonyl (C=O) groups is 1. The van der Waals surface area contributed by atoms with Crippen LogP contribution in [0, 0.1) is 5.82 Å². The SMILES string of the molecule is O=C(NC1(c2ccc(F)c(C(F)(F)F)c2)CC1)OC1CNC1. The van der Waals surface area contributed by atoms with Crippen LogP contribution < -0.4 is 10.6 Å². The lowest BCUT2D eigenvalue weighted by Crippen LogP contribution is -2.51. The van der Waals surface area contributed by atoms with Gasteiger partial charge in [0.2, 0.25) is 0 Å². The number of ether oxygens (including phenoxy) is 1. The second-order valence-corrected chi connectivity index (χ2v) is 5.59. The minimum absolute atomic E-state index is 0.213. The van der Waals surface area contributed by atoms with E-state index in [0.29, 0.717) is 25.9 Å². The van der Waals surface area contributed by atoms with E-state index in [1.54, 1.807) is 0 Å². The molecule has 0 atom stereocenters. The summed E-state index contributed by atoms with van der Waals surface area (Å²) in [6.45, 7) is 1.13. The molecule has 8 heteroatoms. The Morgan fingerprint density at radius 1 is 1.32 bits per heavy atom. The molecule has 0 bridgehead atoms. The van der Waals surface area contributed by atoms with Gasteiger partial charge in [0.25, 0.3) is 0 Å². The summed E-state index contributed by atoms with van der Waals surface area (Å²) in [5.41, 5.74) is -1.97. The average Bonchev–Trinajstić information content (AvgIpc) is 3.14. The third-order valence-corrected chi connectivity index (χ3v) is 3.93. The quantitative estimate of drug-likeness (QED) is 0.842. The zero-order valence-electron chi connectivity index (χ0n) is 11.5. The summed E-state index contributed by atoms with van der Waals surface area (Å²) in [4.78, 5) is 11.8. The fourth-order valence-corrected chi connectivity index (χ4v) is 2.37. The molecule has 0 radical (unpaired) electrons. The van der Waals surface area contributed by atoms with Crippen molar-refractivity contribution >= 4 is 6.09 Å². The molecular weight excluding hydrogens is 304 g/mol. The van der Waals surface area contributed by atoms with Crippen LogP contribution in [0.1, 0.15) is 24.0 Å². The molecule has 1 aromatic rings. The molecule has 2 fully saturated rings. The van der Waals surface area contributed by atoms with Crippen molar-refractivity contribution in [1.29, 1.82) is 0 Å². The molecule has 1 saturated carbocycles. The van der Waals surface area contributed by atoms with E-state index in [1.165, 1.54) is 6.07 Å². The number of halogens is 4. The Bertz CT molecular complexity index is 595. The van der Waals surface area contributed by atoms with Gasteiger partial charge in [0, 0.05) is 13.1 Å². The summed E-state index contributed by atoms with van der Waals surface area (Å²) in [6, 6.07) is 2.80. The lowest BCUT2D eigenvalue weighted by Gasteiger charge is -2.28. The fourth-order valence-electron chi connectivity index (χ4n) is 2.37. The van der Waals surface area contributed by atoms with E-state index in [9.17, 15) is 22.4 Å². The smallest absolute Gasteiger partial charge is 0.419 e. The molecule has 0 spiro atoms. The largest absolute Gasteiger partial charge is 0.444 e. The minimum Gasteiger partial charge on any atom is -0.444 e. The van der Waals surface area contributed by atoms with Crippen molar-refractivity contribution in [2.45, 2.75) is 30.7 Å². The first kappa shape index (κ1) is 15.1. The second kappa shape index (κ2) is 5.12. The lowest BCUT2D eigenvalue weighted by atomic mass is 10.0. The molecule has 1 aromatic carbocycles. The molecular formula is C14H14F4N2O2. The van der Waals surface area contributed by atoms with Gasteiger partial charge in [-0.1, -0.05) is 6.07 Å². The molecule has 3 rings (SSSR count). The third-order valence-electron chi connectivity index (χ3n) is 3.93. The van der Waals surface area contributed by atoms with Crippen LogP contribution >= 0.6 is 0 Å². The van der Waals surface area contributed by atoms with E-state index < -0.39 is 29.2 Å². The van der Waals surface area contributed by atoms with E-state index in [2.05, 4.69) is 10.6 Å². The molecule has 2 N–H and O–H groups in total. The second-order valence-electron chi connectivity index (χ2n) is 5.59. The first-order chi connectivity index (χ1) is 10.3. The van der Waals surface area contributed by atoms with Gasteiger partial charge in [0.1, 0.15) is 11.9 Å². The summed E-state index contributed by atoms with van der Waals surface area (Å²) >= 11 is 0. The Kier molecular flexibility index (Phi) is 3.51. The zero-order chi connectivity index (χ0) is 16.0. The van der Waals surface area contributed by atoms with E-state index in [0.717, 1.165) is 12.1 Å². The number of amides is 1. The molecule has 1 aliphatic heterocycles. The monoisotopic (exact) mass is 318 g/mol. The van der Waals surface area contributed by atoms with E-state index in [-0.39, 0.29) is 11.7 Å². The lowest BCUT2D eigenvalue weighted by molar-refractivity contribution is -0.140. The van der Waals surface area contributed by atoms with Crippen LogP contribution in [0.25, 0.3) is 0 Å². The summed E-state index contributed by atoms with van der Waals surface area (Å²) in [5, 5.41) is 5.54. The average molecular weight is 318 g/mol. The summed E-state index contributed by atoms with van der Waals surface area (Å²) in [6.07, 6.45) is -4.66. The van der Waals surface area contributed by atoms with Crippen molar-refractivity contribution < 1.29 is 27.1 Å². The van der Waals surface area contributed by atoms with Crippen LogP contribution in [-0.2, 0) is 16.5 Å². The fraction of sp³-hybridized carbons (Fsp3) is 0.500. The number of rotatable bonds is 3. The summed E-state index contributed by atoms with van der Waals surface area (Å²) in [5.74, 6) is -1.32. The Hall–Kier alpha value is -1.83. The van der Waals surface area contributed by atoms with E-state index in [4.69, 9.17) is 4.74 Å². The van der Waals surface area contributed by atoms with Crippen LogP contribution in [0.4, 0.5) is 22.4 Å². The van der Waals surface area contributed by atoms with Crippen LogP contribution in [0.15, 0.2) is 18.2 Å². The van der Waals surface area contributed by atoms with Gasteiger partial charge in [0.15, 0.2) is 0 Å². The highest BCUT2D eigenvalue weighted by Gasteiger charge is 2.48. The topological polar surface area (TPSA) is 50.4 Å². The van der Waals surface area contributed by atoms with E-state index >= 15 is 0 Å². The Morgan fingerprint density at radius 3 is 2.50 bits per heavy atom. The van der Waals surface area contributed by atoms with Gasteiger partial charge in [0.05, 0.1) is 11.1 Å². The number of alkyl halides is 3. The van der Waals surface area contributed by atoms with Crippen molar-refractivity contribution in [3.05, 3.63) is 35.1 Å². The molecule has 22 heavy (non-hydrogen) atoms. The van der Waals surface area contributed by atoms with E-state index in [1.807, 2.05) is 0 Å². The molecule has 0 unspecified atom stereocenters. The molecule has 1 amide bonds. The molecule has 4 nitrogen and oxygen atoms in total. The van der Waals surface area contributed by atoms with Crippen molar-refractivity contribution in [3.8, 4) is 0 Å². The molecule has 1 heterocycles. The molecule has 1 aliphatic carbocycles. The highest BCUT2D eigenvalue weighted by molar-refractivity contribution is 5.70. The standard InChI is InChI=1S/C14H14F4N2O2/c15-11-2-1-8(5-10(11)14(16,17)18)13(3-4-13)20-12(21)22-9-6-19-7-9/h1-2,5,9,19H,3-4,6-7H2,(H,20,21). The molecule has 2 aliphatic rings. The van der Waals surface area contributed by atoms with Crippen LogP contribution in [0.5, 0.6) is 0 Å². The first-order valence-electron chi connectivity index (χ1n) is 6.87. The maximum atomic E-state index is 13.3. The number of alkyl carbamates (subject to hydrolysis) is 1. The van der Waals surface area contributed by atoms with Crippen molar-refractivity contribution in [3.63, 3.8) is 0 Å². The van der Waals surface area contributed by atoms with Crippen molar-refractivity contribution in [2.75, 3.05) is 13.1 Å². The predicted octanol–water partition coefficient (Wildman–Crippen LogP) is 2.53. The third kappa shape index (κ3) is 2.87. The number of hydrogen-bond acceptors (Lipinski definition) is 3. The maximum Gasteiger partial charge on any atom is 0.419 e. The highest BCUT2D eigenvalue weighted by atomic mass is 19.4. The van der Waals surface area contributed by atoms with Crippen molar-refractivity contribution in [1.82, 2.24) is 10.6 Å². The van der Waals surface area contributed by atoms with Crippen LogP contribution in [0.3, 0.4) is 0 Å². The Morgan fingerprint density at radius 2 is 2.00 bits per heavy atom. The number of hydrogen-bond donors (Lipinski definition) is 2. The van der Waals surface area contributed by atoms with Gasteiger partial charge in [-0.25, -0.2) is 9.18 Å².